The average Bonchev–Trinajstić information content (AvgIpc) is 2.34. The van der Waals surface area contributed by atoms with Crippen LogP contribution in [0.2, 0.25) is 0 Å². The van der Waals surface area contributed by atoms with Crippen molar-refractivity contribution in [2.75, 3.05) is 12.0 Å². The Balaban J connectivity index is 2.32. The first-order valence-corrected chi connectivity index (χ1v) is 7.51. The van der Waals surface area contributed by atoms with Crippen molar-refractivity contribution < 1.29 is 8.42 Å². The first-order valence-electron chi connectivity index (χ1n) is 5.45. The smallest absolute Gasteiger partial charge is 0.148 e. The quantitative estimate of drug-likeness (QED) is 0.709. The zero-order valence-corrected chi connectivity index (χ0v) is 10.2. The summed E-state index contributed by atoms with van der Waals surface area (Å²) in [4.78, 5) is 0. The number of fused-ring (bicyclic) bond motifs is 2. The van der Waals surface area contributed by atoms with Gasteiger partial charge in [0, 0.05) is 6.26 Å². The van der Waals surface area contributed by atoms with Crippen molar-refractivity contribution in [1.29, 1.82) is 0 Å². The zero-order valence-electron chi connectivity index (χ0n) is 9.34. The van der Waals surface area contributed by atoms with E-state index in [1.165, 1.54) is 19.1 Å². The van der Waals surface area contributed by atoms with Gasteiger partial charge < -0.3 is 0 Å². The fraction of sp³-hybridized carbons (Fsp3) is 1.00. The van der Waals surface area contributed by atoms with Crippen molar-refractivity contribution in [3.05, 3.63) is 0 Å². The predicted octanol–water partition coefficient (Wildman–Crippen LogP) is 2.25. The fourth-order valence-electron chi connectivity index (χ4n) is 3.80. The molecule has 0 unspecified atom stereocenters. The summed E-state index contributed by atoms with van der Waals surface area (Å²) in [5.41, 5.74) is 0.349. The van der Waals surface area contributed by atoms with E-state index in [1.807, 2.05) is 0 Å². The Bertz CT molecular complexity index is 332. The number of hydrogen-bond donors (Lipinski definition) is 0. The second-order valence-corrected chi connectivity index (χ2v) is 7.99. The Labute approximate surface area is 87.0 Å². The van der Waals surface area contributed by atoms with Crippen LogP contribution in [0.15, 0.2) is 0 Å². The molecule has 0 amide bonds. The van der Waals surface area contributed by atoms with Gasteiger partial charge in [0.25, 0.3) is 0 Å². The summed E-state index contributed by atoms with van der Waals surface area (Å²) in [6.07, 6.45) is 6.10. The number of sulfone groups is 1. The van der Waals surface area contributed by atoms with E-state index in [2.05, 4.69) is 13.8 Å². The van der Waals surface area contributed by atoms with E-state index in [4.69, 9.17) is 0 Å². The molecule has 0 aromatic heterocycles. The molecule has 82 valence electrons. The highest BCUT2D eigenvalue weighted by molar-refractivity contribution is 7.90. The third-order valence-corrected chi connectivity index (χ3v) is 5.95. The molecule has 3 heteroatoms. The Kier molecular flexibility index (Phi) is 2.05. The second kappa shape index (κ2) is 2.75. The normalized spacial score (nSPS) is 40.4. The van der Waals surface area contributed by atoms with Crippen LogP contribution in [0.25, 0.3) is 0 Å². The minimum absolute atomic E-state index is 0.102. The van der Waals surface area contributed by atoms with Gasteiger partial charge in [0.05, 0.1) is 5.75 Å². The summed E-state index contributed by atoms with van der Waals surface area (Å²) >= 11 is 0. The Morgan fingerprint density at radius 3 is 2.00 bits per heavy atom. The summed E-state index contributed by atoms with van der Waals surface area (Å²) in [6, 6.07) is 0. The predicted molar refractivity (Wildman–Crippen MR) is 57.9 cm³/mol. The van der Waals surface area contributed by atoms with Crippen LogP contribution in [0.5, 0.6) is 0 Å². The molecule has 0 N–H and O–H groups in total. The highest BCUT2D eigenvalue weighted by Crippen LogP contribution is 2.65. The van der Waals surface area contributed by atoms with E-state index in [9.17, 15) is 8.42 Å². The van der Waals surface area contributed by atoms with Crippen LogP contribution in [0, 0.1) is 16.7 Å². The fourth-order valence-corrected chi connectivity index (χ4v) is 5.47. The summed E-state index contributed by atoms with van der Waals surface area (Å²) in [5.74, 6) is 1.17. The molecule has 0 spiro atoms. The molecule has 0 aromatic rings. The van der Waals surface area contributed by atoms with Gasteiger partial charge in [-0.25, -0.2) is 8.42 Å². The molecule has 2 saturated carbocycles. The Morgan fingerprint density at radius 2 is 1.71 bits per heavy atom. The molecule has 2 fully saturated rings. The highest BCUT2D eigenvalue weighted by Gasteiger charge is 2.59. The van der Waals surface area contributed by atoms with Gasteiger partial charge in [0.2, 0.25) is 0 Å². The molecular weight excluding hydrogens is 196 g/mol. The van der Waals surface area contributed by atoms with E-state index in [0.717, 1.165) is 18.8 Å². The topological polar surface area (TPSA) is 34.1 Å². The van der Waals surface area contributed by atoms with Gasteiger partial charge in [0.15, 0.2) is 0 Å². The van der Waals surface area contributed by atoms with E-state index < -0.39 is 9.84 Å². The summed E-state index contributed by atoms with van der Waals surface area (Å²) in [5, 5.41) is 0. The van der Waals surface area contributed by atoms with Crippen molar-refractivity contribution in [3.63, 3.8) is 0 Å². The number of rotatable bonds is 2. The van der Waals surface area contributed by atoms with Crippen molar-refractivity contribution in [3.8, 4) is 0 Å². The van der Waals surface area contributed by atoms with Gasteiger partial charge in [-0.3, -0.25) is 0 Å². The number of hydrogen-bond acceptors (Lipinski definition) is 2. The molecule has 0 radical (unpaired) electrons. The van der Waals surface area contributed by atoms with E-state index in [0.29, 0.717) is 5.75 Å². The second-order valence-electron chi connectivity index (χ2n) is 5.85. The molecular formula is C11H20O2S. The molecule has 2 nitrogen and oxygen atoms in total. The lowest BCUT2D eigenvalue weighted by molar-refractivity contribution is 0.155. The molecule has 0 aromatic carbocycles. The van der Waals surface area contributed by atoms with E-state index >= 15 is 0 Å². The molecule has 0 aliphatic heterocycles. The van der Waals surface area contributed by atoms with Gasteiger partial charge in [-0.15, -0.1) is 0 Å². The summed E-state index contributed by atoms with van der Waals surface area (Å²) in [7, 11) is -2.82. The zero-order chi connectivity index (χ0) is 10.6. The third-order valence-electron chi connectivity index (χ3n) is 4.87. The van der Waals surface area contributed by atoms with Crippen LogP contribution in [0.4, 0.5) is 0 Å². The van der Waals surface area contributed by atoms with Crippen LogP contribution < -0.4 is 0 Å². The van der Waals surface area contributed by atoms with Crippen molar-refractivity contribution in [1.82, 2.24) is 0 Å². The van der Waals surface area contributed by atoms with Crippen LogP contribution >= 0.6 is 0 Å². The van der Waals surface area contributed by atoms with Crippen molar-refractivity contribution >= 4 is 9.84 Å². The Hall–Kier alpha value is -0.0500. The molecule has 2 aliphatic rings. The third kappa shape index (κ3) is 1.32. The summed E-state index contributed by atoms with van der Waals surface area (Å²) in [6.45, 7) is 4.53. The van der Waals surface area contributed by atoms with Crippen LogP contribution in [-0.2, 0) is 9.84 Å². The molecule has 0 heterocycles. The van der Waals surface area contributed by atoms with E-state index in [-0.39, 0.29) is 10.8 Å². The molecule has 0 saturated heterocycles. The van der Waals surface area contributed by atoms with Crippen LogP contribution in [0.1, 0.15) is 39.5 Å². The van der Waals surface area contributed by atoms with Gasteiger partial charge in [0.1, 0.15) is 9.84 Å². The van der Waals surface area contributed by atoms with Crippen LogP contribution in [0.3, 0.4) is 0 Å². The lowest BCUT2D eigenvalue weighted by Gasteiger charge is -2.37. The van der Waals surface area contributed by atoms with Crippen molar-refractivity contribution in [2.45, 2.75) is 39.5 Å². The van der Waals surface area contributed by atoms with Gasteiger partial charge >= 0.3 is 0 Å². The van der Waals surface area contributed by atoms with Gasteiger partial charge in [-0.2, -0.15) is 0 Å². The average molecular weight is 216 g/mol. The highest BCUT2D eigenvalue weighted by atomic mass is 32.2. The van der Waals surface area contributed by atoms with E-state index in [1.54, 1.807) is 0 Å². The maximum atomic E-state index is 11.5. The molecule has 2 aliphatic carbocycles. The monoisotopic (exact) mass is 216 g/mol. The van der Waals surface area contributed by atoms with Gasteiger partial charge in [-0.05, 0) is 42.4 Å². The summed E-state index contributed by atoms with van der Waals surface area (Å²) < 4.78 is 22.9. The standard InChI is InChI=1S/C11H20O2S/c1-10(2)9-4-6-11(10,7-5-9)8-14(3,12)13/h9H,4-8H2,1-3H3/t9-,11+. The van der Waals surface area contributed by atoms with Crippen molar-refractivity contribution in [2.24, 2.45) is 16.7 Å². The lowest BCUT2D eigenvalue weighted by atomic mass is 9.71. The SMILES string of the molecule is CC1(C)[C@H]2CC[C@]1(CS(C)(=O)=O)CC2. The molecule has 14 heavy (non-hydrogen) atoms. The largest absolute Gasteiger partial charge is 0.229 e. The minimum Gasteiger partial charge on any atom is -0.229 e. The minimum atomic E-state index is -2.82. The van der Waals surface area contributed by atoms with Gasteiger partial charge in [-0.1, -0.05) is 13.8 Å². The molecule has 0 atom stereocenters. The maximum Gasteiger partial charge on any atom is 0.148 e. The molecule has 2 rings (SSSR count). The first-order chi connectivity index (χ1) is 6.27. The lowest BCUT2D eigenvalue weighted by Crippen LogP contribution is -2.36. The molecule has 2 bridgehead atoms. The Morgan fingerprint density at radius 1 is 1.21 bits per heavy atom. The first kappa shape index (κ1) is 10.5. The van der Waals surface area contributed by atoms with Crippen LogP contribution in [-0.4, -0.2) is 20.4 Å². The maximum absolute atomic E-state index is 11.5.